The van der Waals surface area contributed by atoms with Crippen LogP contribution < -0.4 is 5.32 Å². The molecule has 18 heavy (non-hydrogen) atoms. The molecule has 0 aromatic rings. The zero-order valence-corrected chi connectivity index (χ0v) is 14.2. The van der Waals surface area contributed by atoms with E-state index in [1.54, 1.807) is 13.8 Å². The van der Waals surface area contributed by atoms with Gasteiger partial charge in [0.2, 0.25) is 0 Å². The summed E-state index contributed by atoms with van der Waals surface area (Å²) in [6.45, 7) is 13.8. The molecular formula is C12H27ClNO3P. The van der Waals surface area contributed by atoms with Crippen molar-refractivity contribution in [3.05, 3.63) is 0 Å². The van der Waals surface area contributed by atoms with Crippen LogP contribution in [0.25, 0.3) is 0 Å². The predicted molar refractivity (Wildman–Crippen MR) is 77.5 cm³/mol. The molecule has 0 aromatic heterocycles. The highest BCUT2D eigenvalue weighted by Crippen LogP contribution is 2.56. The monoisotopic (exact) mass is 299 g/mol. The second-order valence-electron chi connectivity index (χ2n) is 5.74. The Morgan fingerprint density at radius 1 is 1.11 bits per heavy atom. The lowest BCUT2D eigenvalue weighted by Gasteiger charge is -2.38. The molecule has 0 saturated heterocycles. The fourth-order valence-electron chi connectivity index (χ4n) is 1.58. The zero-order chi connectivity index (χ0) is 14.6. The summed E-state index contributed by atoms with van der Waals surface area (Å²) < 4.78 is 23.6. The number of halogens is 1. The van der Waals surface area contributed by atoms with E-state index in [0.29, 0.717) is 13.2 Å². The molecule has 1 unspecified atom stereocenters. The van der Waals surface area contributed by atoms with Crippen LogP contribution in [0.2, 0.25) is 0 Å². The number of hydrogen-bond donors (Lipinski definition) is 1. The summed E-state index contributed by atoms with van der Waals surface area (Å²) in [4.78, 5) is -0.743. The number of hydrogen-bond acceptors (Lipinski definition) is 4. The summed E-state index contributed by atoms with van der Waals surface area (Å²) in [7, 11) is -3.29. The normalized spacial score (nSPS) is 15.8. The summed E-state index contributed by atoms with van der Waals surface area (Å²) in [6.07, 6.45) is 0. The molecule has 0 radical (unpaired) electrons. The van der Waals surface area contributed by atoms with Crippen molar-refractivity contribution in [2.24, 2.45) is 0 Å². The van der Waals surface area contributed by atoms with Gasteiger partial charge >= 0.3 is 7.60 Å². The van der Waals surface area contributed by atoms with Gasteiger partial charge in [0.1, 0.15) is 5.78 Å². The molecule has 6 heteroatoms. The molecule has 0 aliphatic heterocycles. The van der Waals surface area contributed by atoms with E-state index in [9.17, 15) is 4.57 Å². The van der Waals surface area contributed by atoms with Gasteiger partial charge in [-0.1, -0.05) is 0 Å². The lowest BCUT2D eigenvalue weighted by Crippen LogP contribution is -2.51. The quantitative estimate of drug-likeness (QED) is 0.570. The Morgan fingerprint density at radius 2 is 1.50 bits per heavy atom. The molecule has 0 aliphatic rings. The maximum absolute atomic E-state index is 12.8. The van der Waals surface area contributed by atoms with Crippen molar-refractivity contribution < 1.29 is 13.6 Å². The highest BCUT2D eigenvalue weighted by molar-refractivity contribution is 7.54. The highest BCUT2D eigenvalue weighted by atomic mass is 35.5. The molecule has 110 valence electrons. The minimum Gasteiger partial charge on any atom is -0.308 e. The second-order valence-corrected chi connectivity index (χ2v) is 8.82. The topological polar surface area (TPSA) is 47.6 Å². The minimum atomic E-state index is -3.29. The van der Waals surface area contributed by atoms with Crippen LogP contribution in [0, 0.1) is 0 Å². The summed E-state index contributed by atoms with van der Waals surface area (Å²) in [6, 6.07) is 0. The summed E-state index contributed by atoms with van der Waals surface area (Å²) in [5, 5.41) is 3.26. The maximum atomic E-state index is 12.8. The maximum Gasteiger partial charge on any atom is 0.349 e. The number of alkyl halides is 1. The molecule has 1 N–H and O–H groups in total. The van der Waals surface area contributed by atoms with Crippen molar-refractivity contribution in [3.63, 3.8) is 0 Å². The van der Waals surface area contributed by atoms with Crippen LogP contribution >= 0.6 is 19.2 Å². The summed E-state index contributed by atoms with van der Waals surface area (Å²) in [5.74, 6) is -0.563. The third-order valence-electron chi connectivity index (χ3n) is 2.15. The lowest BCUT2D eigenvalue weighted by molar-refractivity contribution is 0.194. The predicted octanol–water partition coefficient (Wildman–Crippen LogP) is 3.98. The van der Waals surface area contributed by atoms with Crippen molar-refractivity contribution in [3.8, 4) is 0 Å². The van der Waals surface area contributed by atoms with E-state index in [2.05, 4.69) is 5.32 Å². The molecule has 0 heterocycles. The minimum absolute atomic E-state index is 0.235. The molecule has 1 atom stereocenters. The Hall–Kier alpha value is 0.400. The highest BCUT2D eigenvalue weighted by Gasteiger charge is 2.46. The Labute approximate surface area is 116 Å². The van der Waals surface area contributed by atoms with Gasteiger partial charge in [-0.05, 0) is 48.5 Å². The van der Waals surface area contributed by atoms with Crippen LogP contribution in [0.1, 0.15) is 48.5 Å². The molecule has 0 bridgehead atoms. The third kappa shape index (κ3) is 6.03. The first-order valence-electron chi connectivity index (χ1n) is 6.31. The van der Waals surface area contributed by atoms with Crippen LogP contribution in [0.5, 0.6) is 0 Å². The number of rotatable bonds is 7. The second kappa shape index (κ2) is 6.71. The fourth-order valence-corrected chi connectivity index (χ4v) is 4.39. The summed E-state index contributed by atoms with van der Waals surface area (Å²) in [5.41, 5.74) is -0.235. The Balaban J connectivity index is 5.32. The van der Waals surface area contributed by atoms with Gasteiger partial charge in [0.25, 0.3) is 0 Å². The number of nitrogens with one attached hydrogen (secondary N) is 1. The van der Waals surface area contributed by atoms with E-state index in [4.69, 9.17) is 20.6 Å². The van der Waals surface area contributed by atoms with Crippen molar-refractivity contribution in [2.45, 2.75) is 64.7 Å². The summed E-state index contributed by atoms with van der Waals surface area (Å²) >= 11 is 6.37. The molecule has 0 fully saturated rings. The first kappa shape index (κ1) is 18.4. The molecule has 0 saturated carbocycles. The van der Waals surface area contributed by atoms with E-state index >= 15 is 0 Å². The SMILES string of the molecule is CCOP(=O)(OCC)C(NC(C)(C)C)C(C)(C)Cl. The molecule has 0 amide bonds. The van der Waals surface area contributed by atoms with Gasteiger partial charge in [-0.2, -0.15) is 0 Å². The van der Waals surface area contributed by atoms with Crippen molar-refractivity contribution in [1.82, 2.24) is 5.32 Å². The van der Waals surface area contributed by atoms with Crippen molar-refractivity contribution >= 4 is 19.2 Å². The lowest BCUT2D eigenvalue weighted by atomic mass is 10.1. The largest absolute Gasteiger partial charge is 0.349 e. The van der Waals surface area contributed by atoms with Crippen molar-refractivity contribution in [1.29, 1.82) is 0 Å². The van der Waals surface area contributed by atoms with Gasteiger partial charge < -0.3 is 9.05 Å². The van der Waals surface area contributed by atoms with Crippen molar-refractivity contribution in [2.75, 3.05) is 13.2 Å². The first-order valence-corrected chi connectivity index (χ1v) is 8.30. The van der Waals surface area contributed by atoms with Gasteiger partial charge in [-0.3, -0.25) is 9.88 Å². The van der Waals surface area contributed by atoms with Crippen LogP contribution in [0.15, 0.2) is 0 Å². The standard InChI is InChI=1S/C12H27ClNO3P/c1-8-16-18(15,17-9-2)10(12(6,7)13)14-11(3,4)5/h10,14H,8-9H2,1-7H3. The van der Waals surface area contributed by atoms with Crippen LogP contribution in [0.3, 0.4) is 0 Å². The molecule has 0 rings (SSSR count). The van der Waals surface area contributed by atoms with Gasteiger partial charge in [-0.15, -0.1) is 11.6 Å². The van der Waals surface area contributed by atoms with Gasteiger partial charge in [0.05, 0.1) is 18.1 Å². The fraction of sp³-hybridized carbons (Fsp3) is 1.00. The molecule has 0 spiro atoms. The van der Waals surface area contributed by atoms with E-state index in [1.165, 1.54) is 0 Å². The van der Waals surface area contributed by atoms with E-state index in [1.807, 2.05) is 34.6 Å². The first-order chi connectivity index (χ1) is 7.96. The molecule has 0 aromatic carbocycles. The zero-order valence-electron chi connectivity index (χ0n) is 12.5. The molecular weight excluding hydrogens is 273 g/mol. The average Bonchev–Trinajstić information content (AvgIpc) is 2.12. The smallest absolute Gasteiger partial charge is 0.308 e. The molecule has 0 aliphatic carbocycles. The molecule has 4 nitrogen and oxygen atoms in total. The van der Waals surface area contributed by atoms with Gasteiger partial charge in [-0.25, -0.2) is 0 Å². The van der Waals surface area contributed by atoms with Gasteiger partial charge in [0, 0.05) is 5.54 Å². The van der Waals surface area contributed by atoms with Crippen LogP contribution in [-0.4, -0.2) is 29.4 Å². The van der Waals surface area contributed by atoms with Gasteiger partial charge in [0.15, 0.2) is 0 Å². The third-order valence-corrected chi connectivity index (χ3v) is 5.17. The average molecular weight is 300 g/mol. The van der Waals surface area contributed by atoms with E-state index in [-0.39, 0.29) is 5.54 Å². The van der Waals surface area contributed by atoms with Crippen LogP contribution in [-0.2, 0) is 13.6 Å². The van der Waals surface area contributed by atoms with E-state index in [0.717, 1.165) is 0 Å². The Morgan fingerprint density at radius 3 is 1.72 bits per heavy atom. The van der Waals surface area contributed by atoms with E-state index < -0.39 is 18.3 Å². The Bertz CT molecular complexity index is 287. The van der Waals surface area contributed by atoms with Crippen LogP contribution in [0.4, 0.5) is 0 Å². The Kier molecular flexibility index (Phi) is 6.86.